The second-order valence-electron chi connectivity index (χ2n) is 13.1. The molecule has 50 heavy (non-hydrogen) atoms. The van der Waals surface area contributed by atoms with Gasteiger partial charge in [-0.25, -0.2) is 0 Å². The average Bonchev–Trinajstić information content (AvgIpc) is 3.21. The summed E-state index contributed by atoms with van der Waals surface area (Å²) in [5.41, 5.74) is 2.71. The van der Waals surface area contributed by atoms with Crippen LogP contribution >= 0.6 is 41.6 Å². The molecule has 0 aliphatic heterocycles. The van der Waals surface area contributed by atoms with Crippen molar-refractivity contribution in [2.75, 3.05) is 12.3 Å². The van der Waals surface area contributed by atoms with Crippen LogP contribution in [0.15, 0.2) is 206 Å². The second-order valence-corrected chi connectivity index (χ2v) is 31.3. The number of benzene rings is 7. The first-order chi connectivity index (χ1) is 24.4. The first-order valence-corrected chi connectivity index (χ1v) is 26.2. The third-order valence-corrected chi connectivity index (χ3v) is 30.3. The fourth-order valence-corrected chi connectivity index (χ4v) is 22.4. The summed E-state index contributed by atoms with van der Waals surface area (Å²) in [6.07, 6.45) is 3.88. The Morgan fingerprint density at radius 1 is 0.260 bits per heavy atom. The molecule has 7 rings (SSSR count). The van der Waals surface area contributed by atoms with Crippen LogP contribution in [0.5, 0.6) is 0 Å². The van der Waals surface area contributed by atoms with Crippen LogP contribution in [0.4, 0.5) is 0 Å². The molecule has 0 amide bonds. The van der Waals surface area contributed by atoms with Crippen molar-refractivity contribution in [1.29, 1.82) is 0 Å². The van der Waals surface area contributed by atoms with Gasteiger partial charge in [0.25, 0.3) is 0 Å². The van der Waals surface area contributed by atoms with Gasteiger partial charge in [0, 0.05) is 0 Å². The van der Waals surface area contributed by atoms with E-state index in [1.807, 2.05) is 0 Å². The van der Waals surface area contributed by atoms with Crippen molar-refractivity contribution in [3.8, 4) is 0 Å². The number of hydrogen-bond donors (Lipinski definition) is 0. The third kappa shape index (κ3) is 6.16. The maximum absolute atomic E-state index is 4.64. The Balaban J connectivity index is 1.23. The van der Waals surface area contributed by atoms with Gasteiger partial charge in [-0.3, -0.25) is 0 Å². The van der Waals surface area contributed by atoms with Gasteiger partial charge in [0.2, 0.25) is 0 Å². The maximum atomic E-state index is 4.64. The van der Waals surface area contributed by atoms with Crippen molar-refractivity contribution in [3.63, 3.8) is 0 Å². The van der Waals surface area contributed by atoms with Gasteiger partial charge in [0.1, 0.15) is 0 Å². The van der Waals surface area contributed by atoms with E-state index < -0.39 is 10.6 Å². The molecular formula is C46H42Br2P2. The molecule has 0 N–H and O–H groups in total. The van der Waals surface area contributed by atoms with Crippen LogP contribution in [0.3, 0.4) is 0 Å². The predicted octanol–water partition coefficient (Wildman–Crippen LogP) is 10.5. The van der Waals surface area contributed by atoms with Gasteiger partial charge >= 0.3 is 316 Å². The van der Waals surface area contributed by atoms with E-state index in [2.05, 4.69) is 237 Å². The summed E-state index contributed by atoms with van der Waals surface area (Å²) in [6, 6.07) is 76.1. The molecule has 7 aromatic rings. The normalized spacial score (nSPS) is 13.4. The van der Waals surface area contributed by atoms with Crippen LogP contribution in [0, 0.1) is 0 Å². The second kappa shape index (κ2) is 14.5. The van der Waals surface area contributed by atoms with Crippen LogP contribution < -0.4 is 31.8 Å². The van der Waals surface area contributed by atoms with Crippen molar-refractivity contribution >= 4 is 73.4 Å². The van der Waals surface area contributed by atoms with Crippen molar-refractivity contribution in [3.05, 3.63) is 217 Å². The van der Waals surface area contributed by atoms with E-state index in [1.54, 1.807) is 0 Å². The van der Waals surface area contributed by atoms with Crippen LogP contribution in [0.1, 0.15) is 11.1 Å². The molecule has 4 heteroatoms. The quantitative estimate of drug-likeness (QED) is 0.108. The Hall–Kier alpha value is -3.64. The predicted molar refractivity (Wildman–Crippen MR) is 232 cm³/mol. The number of hydrogen-bond acceptors (Lipinski definition) is 0. The van der Waals surface area contributed by atoms with Crippen LogP contribution in [0.25, 0.3) is 0 Å². The van der Waals surface area contributed by atoms with E-state index in [-0.39, 0.29) is 0 Å². The Kier molecular flexibility index (Phi) is 10.1. The average molecular weight is 817 g/mol. The van der Waals surface area contributed by atoms with Gasteiger partial charge in [-0.2, -0.15) is 0 Å². The van der Waals surface area contributed by atoms with Crippen molar-refractivity contribution in [1.82, 2.24) is 0 Å². The zero-order valence-corrected chi connectivity index (χ0v) is 33.1. The van der Waals surface area contributed by atoms with E-state index in [0.717, 1.165) is 25.2 Å². The number of halogens is 2. The molecule has 0 nitrogen and oxygen atoms in total. The van der Waals surface area contributed by atoms with Gasteiger partial charge in [-0.1, -0.05) is 0 Å². The topological polar surface area (TPSA) is 0 Å². The van der Waals surface area contributed by atoms with Crippen LogP contribution in [-0.2, 0) is 12.8 Å². The van der Waals surface area contributed by atoms with Gasteiger partial charge < -0.3 is 0 Å². The monoisotopic (exact) mass is 814 g/mol. The zero-order chi connectivity index (χ0) is 34.4. The molecule has 0 fully saturated rings. The van der Waals surface area contributed by atoms with Crippen LogP contribution in [0.2, 0.25) is 0 Å². The first-order valence-electron chi connectivity index (χ1n) is 17.3. The number of rotatable bonds is 12. The standard InChI is InChI=1S/C46H42Br2P2/c47-49(41-19-7-1-8-20-41,42-21-9-2-10-22-42,43-23-11-3-12-24-43)37-35-39-31-33-40(34-32-39)36-38-50(48,44-25-13-4-14-26-44,45-27-15-5-16-28-45)46-29-17-6-18-30-46/h1-34H,35-38H2. The molecule has 0 heterocycles. The van der Waals surface area contributed by atoms with Gasteiger partial charge in [-0.05, 0) is 0 Å². The van der Waals surface area contributed by atoms with Gasteiger partial charge in [0.05, 0.1) is 0 Å². The van der Waals surface area contributed by atoms with Crippen molar-refractivity contribution in [2.45, 2.75) is 12.8 Å². The van der Waals surface area contributed by atoms with Gasteiger partial charge in [-0.15, -0.1) is 0 Å². The molecule has 0 saturated carbocycles. The Morgan fingerprint density at radius 2 is 0.440 bits per heavy atom. The summed E-state index contributed by atoms with van der Waals surface area (Å²) in [5, 5.41) is 2.17. The van der Waals surface area contributed by atoms with Crippen LogP contribution in [-0.4, -0.2) is 12.3 Å². The molecule has 0 atom stereocenters. The fraction of sp³-hybridized carbons (Fsp3) is 0.0870. The first kappa shape index (κ1) is 34.8. The number of aryl methyl sites for hydroxylation is 2. The minimum atomic E-state index is -2.99. The van der Waals surface area contributed by atoms with Gasteiger partial charge in [0.15, 0.2) is 0 Å². The molecule has 0 aliphatic rings. The molecule has 250 valence electrons. The van der Waals surface area contributed by atoms with E-state index in [4.69, 9.17) is 0 Å². The molecule has 0 bridgehead atoms. The van der Waals surface area contributed by atoms with Crippen molar-refractivity contribution < 1.29 is 0 Å². The van der Waals surface area contributed by atoms with E-state index in [9.17, 15) is 0 Å². The molecule has 0 aromatic heterocycles. The summed E-state index contributed by atoms with van der Waals surface area (Å²) < 4.78 is 0. The summed E-state index contributed by atoms with van der Waals surface area (Å²) in [6.45, 7) is 0. The molecule has 7 aromatic carbocycles. The molecule has 0 saturated heterocycles. The van der Waals surface area contributed by atoms with E-state index in [0.29, 0.717) is 0 Å². The summed E-state index contributed by atoms with van der Waals surface area (Å²) in [4.78, 5) is 0. The van der Waals surface area contributed by atoms with E-state index in [1.165, 1.54) is 43.0 Å². The Morgan fingerprint density at radius 3 is 0.620 bits per heavy atom. The molecule has 0 aliphatic carbocycles. The Labute approximate surface area is 314 Å². The summed E-state index contributed by atoms with van der Waals surface area (Å²) in [5.74, 6) is 0. The summed E-state index contributed by atoms with van der Waals surface area (Å²) in [7, 11) is 0. The zero-order valence-electron chi connectivity index (χ0n) is 28.1. The SMILES string of the molecule is BrP(CCc1ccc(CCP(Br)(c2ccccc2)(c2ccccc2)c2ccccc2)cc1)(c1ccccc1)(c1ccccc1)c1ccccc1. The molecular weight excluding hydrogens is 774 g/mol. The molecule has 0 spiro atoms. The summed E-state index contributed by atoms with van der Waals surface area (Å²) >= 11 is 9.28. The minimum absolute atomic E-state index is 0.956. The van der Waals surface area contributed by atoms with E-state index >= 15 is 0 Å². The third-order valence-electron chi connectivity index (χ3n) is 10.4. The van der Waals surface area contributed by atoms with Crippen molar-refractivity contribution in [2.24, 2.45) is 0 Å². The fourth-order valence-electron chi connectivity index (χ4n) is 7.65. The Bertz CT molecular complexity index is 1770. The molecule has 0 radical (unpaired) electrons. The molecule has 0 unspecified atom stereocenters.